The third-order valence-electron chi connectivity index (χ3n) is 2.23. The number of hydrazone groups is 1. The number of nitroso groups, excluding NO2 is 1. The molecule has 1 aromatic rings. The number of Topliss-reactive ketones (excluding diaryl/α,β-unsaturated/α-hetero) is 1. The van der Waals surface area contributed by atoms with E-state index in [0.717, 1.165) is 6.21 Å². The molecule has 0 aliphatic rings. The van der Waals surface area contributed by atoms with Crippen molar-refractivity contribution in [2.75, 3.05) is 21.3 Å². The third-order valence-corrected chi connectivity index (χ3v) is 2.23. The molecule has 0 aliphatic heterocycles. The molecule has 0 aliphatic carbocycles. The molecule has 0 saturated carbocycles. The van der Waals surface area contributed by atoms with Crippen molar-refractivity contribution in [1.82, 2.24) is 5.53 Å². The highest BCUT2D eigenvalue weighted by atomic mass is 16.5. The quantitative estimate of drug-likeness (QED) is 0.344. The van der Waals surface area contributed by atoms with Gasteiger partial charge in [-0.2, -0.15) is 10.6 Å². The van der Waals surface area contributed by atoms with Crippen LogP contribution in [0.5, 0.6) is 17.2 Å². The number of carbonyl (C=O) groups excluding carboxylic acids is 1. The van der Waals surface area contributed by atoms with Crippen molar-refractivity contribution in [2.45, 2.75) is 0 Å². The molecule has 1 rings (SSSR count). The molecule has 0 radical (unpaired) electrons. The zero-order valence-corrected chi connectivity index (χ0v) is 10.7. The maximum atomic E-state index is 11.8. The van der Waals surface area contributed by atoms with Crippen molar-refractivity contribution >= 4 is 12.0 Å². The van der Waals surface area contributed by atoms with E-state index in [1.165, 1.54) is 33.5 Å². The number of ether oxygens (including phenoxy) is 3. The van der Waals surface area contributed by atoms with Crippen LogP contribution in [0.4, 0.5) is 0 Å². The Morgan fingerprint density at radius 3 is 2.16 bits per heavy atom. The van der Waals surface area contributed by atoms with E-state index < -0.39 is 5.78 Å². The Labute approximate surface area is 109 Å². The Bertz CT molecular complexity index is 476. The molecule has 0 aromatic heterocycles. The number of ketones is 1. The lowest BCUT2D eigenvalue weighted by molar-refractivity contribution is 0.106. The first-order valence-corrected chi connectivity index (χ1v) is 5.12. The standard InChI is InChI=1S/C11H13N3O5/c1-17-9-4-7(8(15)6-12-13-14-16)5-10(18-2)11(9)19-3/h4-6H,1-3H3,(H,13,16). The lowest BCUT2D eigenvalue weighted by Crippen LogP contribution is -2.05. The van der Waals surface area contributed by atoms with Crippen LogP contribution in [0.1, 0.15) is 10.4 Å². The first-order valence-electron chi connectivity index (χ1n) is 5.12. The summed E-state index contributed by atoms with van der Waals surface area (Å²) in [7, 11) is 4.35. The molecule has 102 valence electrons. The third kappa shape index (κ3) is 3.41. The van der Waals surface area contributed by atoms with Crippen molar-refractivity contribution in [1.29, 1.82) is 0 Å². The van der Waals surface area contributed by atoms with E-state index in [0.29, 0.717) is 17.2 Å². The number of carbonyl (C=O) groups is 1. The van der Waals surface area contributed by atoms with Crippen molar-refractivity contribution in [3.05, 3.63) is 22.6 Å². The number of benzene rings is 1. The van der Waals surface area contributed by atoms with Crippen LogP contribution in [0.15, 0.2) is 22.5 Å². The van der Waals surface area contributed by atoms with Gasteiger partial charge in [-0.25, -0.2) is 0 Å². The SMILES string of the molecule is COc1cc(C(=O)C=NNN=O)cc(OC)c1OC. The lowest BCUT2D eigenvalue weighted by atomic mass is 10.1. The van der Waals surface area contributed by atoms with Crippen molar-refractivity contribution < 1.29 is 19.0 Å². The Kier molecular flexibility index (Phi) is 5.27. The monoisotopic (exact) mass is 267 g/mol. The van der Waals surface area contributed by atoms with E-state index in [4.69, 9.17) is 14.2 Å². The van der Waals surface area contributed by atoms with Gasteiger partial charge in [0, 0.05) is 5.56 Å². The van der Waals surface area contributed by atoms with Crippen molar-refractivity contribution in [3.63, 3.8) is 0 Å². The van der Waals surface area contributed by atoms with Gasteiger partial charge < -0.3 is 14.2 Å². The predicted molar refractivity (Wildman–Crippen MR) is 67.9 cm³/mol. The van der Waals surface area contributed by atoms with Crippen LogP contribution in [0, 0.1) is 4.91 Å². The van der Waals surface area contributed by atoms with Gasteiger partial charge >= 0.3 is 0 Å². The first-order chi connectivity index (χ1) is 9.17. The number of hydrogen-bond acceptors (Lipinski definition) is 7. The molecule has 0 spiro atoms. The summed E-state index contributed by atoms with van der Waals surface area (Å²) >= 11 is 0. The fourth-order valence-electron chi connectivity index (χ4n) is 1.41. The summed E-state index contributed by atoms with van der Waals surface area (Å²) in [5, 5.41) is 5.58. The predicted octanol–water partition coefficient (Wildman–Crippen LogP) is 1.15. The van der Waals surface area contributed by atoms with Gasteiger partial charge in [0.15, 0.2) is 11.5 Å². The Balaban J connectivity index is 3.15. The molecule has 0 unspecified atom stereocenters. The number of rotatable bonds is 7. The summed E-state index contributed by atoms with van der Waals surface area (Å²) in [4.78, 5) is 21.5. The Hall–Kier alpha value is -2.64. The van der Waals surface area contributed by atoms with Gasteiger partial charge in [0.2, 0.25) is 11.5 Å². The summed E-state index contributed by atoms with van der Waals surface area (Å²) in [5.74, 6) is 0.627. The van der Waals surface area contributed by atoms with Gasteiger partial charge in [0.05, 0.1) is 32.8 Å². The van der Waals surface area contributed by atoms with Crippen LogP contribution in [0.25, 0.3) is 0 Å². The van der Waals surface area contributed by atoms with Gasteiger partial charge in [-0.05, 0) is 12.1 Å². The topological polar surface area (TPSA) is 98.6 Å². The molecule has 8 heteroatoms. The number of nitrogens with zero attached hydrogens (tertiary/aromatic N) is 2. The minimum absolute atomic E-state index is 0.269. The highest BCUT2D eigenvalue weighted by molar-refractivity contribution is 6.35. The summed E-state index contributed by atoms with van der Waals surface area (Å²) in [5.41, 5.74) is 2.03. The molecule has 0 bridgehead atoms. The van der Waals surface area contributed by atoms with Gasteiger partial charge in [-0.15, -0.1) is 4.91 Å². The maximum absolute atomic E-state index is 11.8. The average Bonchev–Trinajstić information content (AvgIpc) is 2.45. The van der Waals surface area contributed by atoms with E-state index in [2.05, 4.69) is 10.4 Å². The summed E-state index contributed by atoms with van der Waals surface area (Å²) in [6.45, 7) is 0. The van der Waals surface area contributed by atoms with E-state index in [1.807, 2.05) is 0 Å². The molecule has 0 heterocycles. The summed E-state index contributed by atoms with van der Waals surface area (Å²) in [6.07, 6.45) is 0.919. The summed E-state index contributed by atoms with van der Waals surface area (Å²) < 4.78 is 15.3. The van der Waals surface area contributed by atoms with Crippen molar-refractivity contribution in [2.24, 2.45) is 10.4 Å². The molecule has 0 saturated heterocycles. The molecule has 19 heavy (non-hydrogen) atoms. The van der Waals surface area contributed by atoms with Crippen LogP contribution >= 0.6 is 0 Å². The first kappa shape index (κ1) is 14.4. The minimum Gasteiger partial charge on any atom is -0.493 e. The summed E-state index contributed by atoms with van der Waals surface area (Å²) in [6, 6.07) is 2.95. The molecular weight excluding hydrogens is 254 g/mol. The zero-order valence-electron chi connectivity index (χ0n) is 10.7. The fourth-order valence-corrected chi connectivity index (χ4v) is 1.41. The molecule has 8 nitrogen and oxygen atoms in total. The van der Waals surface area contributed by atoms with E-state index >= 15 is 0 Å². The van der Waals surface area contributed by atoms with Crippen LogP contribution in [0.2, 0.25) is 0 Å². The largest absolute Gasteiger partial charge is 0.493 e. The number of nitrogens with one attached hydrogen (secondary N) is 1. The normalized spacial score (nSPS) is 10.1. The second-order valence-electron chi connectivity index (χ2n) is 3.23. The Morgan fingerprint density at radius 1 is 1.16 bits per heavy atom. The smallest absolute Gasteiger partial charge is 0.206 e. The average molecular weight is 267 g/mol. The van der Waals surface area contributed by atoms with E-state index in [9.17, 15) is 9.70 Å². The van der Waals surface area contributed by atoms with Crippen LogP contribution in [0.3, 0.4) is 0 Å². The molecule has 0 fully saturated rings. The zero-order chi connectivity index (χ0) is 14.3. The van der Waals surface area contributed by atoms with Crippen LogP contribution in [-0.4, -0.2) is 33.3 Å². The highest BCUT2D eigenvalue weighted by Crippen LogP contribution is 2.38. The Morgan fingerprint density at radius 2 is 1.74 bits per heavy atom. The lowest BCUT2D eigenvalue weighted by Gasteiger charge is -2.12. The minimum atomic E-state index is -0.449. The number of hydrogen-bond donors (Lipinski definition) is 1. The van der Waals surface area contributed by atoms with Crippen LogP contribution < -0.4 is 19.7 Å². The van der Waals surface area contributed by atoms with Crippen LogP contribution in [-0.2, 0) is 0 Å². The molecule has 0 atom stereocenters. The van der Waals surface area contributed by atoms with E-state index in [1.54, 1.807) is 5.53 Å². The second-order valence-corrected chi connectivity index (χ2v) is 3.23. The van der Waals surface area contributed by atoms with Gasteiger partial charge in [-0.1, -0.05) is 0 Å². The number of methoxy groups -OCH3 is 3. The molecule has 1 N–H and O–H groups in total. The maximum Gasteiger partial charge on any atom is 0.206 e. The molecule has 0 amide bonds. The second kappa shape index (κ2) is 6.94. The molecular formula is C11H13N3O5. The van der Waals surface area contributed by atoms with E-state index in [-0.39, 0.29) is 5.56 Å². The highest BCUT2D eigenvalue weighted by Gasteiger charge is 2.15. The van der Waals surface area contributed by atoms with Gasteiger partial charge in [0.25, 0.3) is 0 Å². The van der Waals surface area contributed by atoms with Gasteiger partial charge in [-0.3, -0.25) is 4.79 Å². The van der Waals surface area contributed by atoms with Gasteiger partial charge in [0.1, 0.15) is 0 Å². The van der Waals surface area contributed by atoms with Crippen molar-refractivity contribution in [3.8, 4) is 17.2 Å². The fraction of sp³-hybridized carbons (Fsp3) is 0.273. The molecule has 1 aromatic carbocycles.